The van der Waals surface area contributed by atoms with Crippen molar-refractivity contribution in [1.29, 1.82) is 0 Å². The van der Waals surface area contributed by atoms with Crippen LogP contribution in [0.1, 0.15) is 20.8 Å². The molecule has 0 N–H and O–H groups in total. The number of nitrogens with zero attached hydrogens (tertiary/aromatic N) is 2. The van der Waals surface area contributed by atoms with Crippen molar-refractivity contribution >= 4 is 24.9 Å². The lowest BCUT2D eigenvalue weighted by molar-refractivity contribution is 0.0920. The van der Waals surface area contributed by atoms with Crippen LogP contribution in [0, 0.1) is 0 Å². The fraction of sp³-hybridized carbons (Fsp3) is 0.423. The fourth-order valence-electron chi connectivity index (χ4n) is 3.18. The second-order valence-electron chi connectivity index (χ2n) is 9.96. The smallest absolute Gasteiger partial charge is 0.192 e. The van der Waals surface area contributed by atoms with E-state index in [1.54, 1.807) is 0 Å². The molecule has 0 aliphatic heterocycles. The summed E-state index contributed by atoms with van der Waals surface area (Å²) in [6.07, 6.45) is -0.558. The van der Waals surface area contributed by atoms with Gasteiger partial charge in [-0.05, 0) is 54.5 Å². The molecule has 2 aromatic carbocycles. The van der Waals surface area contributed by atoms with Crippen molar-refractivity contribution in [3.8, 4) is 17.0 Å². The number of rotatable bonds is 8. The Bertz CT molecular complexity index is 1050. The normalized spacial score (nSPS) is 13.2. The van der Waals surface area contributed by atoms with E-state index >= 15 is 0 Å². The van der Waals surface area contributed by atoms with Crippen LogP contribution in [0.3, 0.4) is 0 Å². The Hall–Kier alpha value is -2.44. The molecule has 1 aromatic heterocycles. The zero-order valence-corrected chi connectivity index (χ0v) is 21.3. The predicted octanol–water partition coefficient (Wildman–Crippen LogP) is 6.71. The lowest BCUT2D eigenvalue weighted by atomic mass is 10.1. The molecule has 0 saturated carbocycles. The lowest BCUT2D eigenvalue weighted by Gasteiger charge is -2.38. The molecule has 172 valence electrons. The molecule has 0 aliphatic rings. The van der Waals surface area contributed by atoms with Gasteiger partial charge in [-0.2, -0.15) is 0 Å². The van der Waals surface area contributed by atoms with Crippen LogP contribution in [0.4, 0.5) is 10.1 Å². The van der Waals surface area contributed by atoms with E-state index in [-0.39, 0.29) is 11.6 Å². The van der Waals surface area contributed by atoms with E-state index in [9.17, 15) is 4.39 Å². The Morgan fingerprint density at radius 3 is 2.28 bits per heavy atom. The second-order valence-corrected chi connectivity index (χ2v) is 14.7. The Morgan fingerprint density at radius 1 is 1.00 bits per heavy atom. The number of anilines is 1. The van der Waals surface area contributed by atoms with Gasteiger partial charge in [-0.25, -0.2) is 9.37 Å². The standard InChI is InChI=1S/C26H35FN2O2Si/c1-26(2,3)32(6,7)31-23(17-27)18-30-22-13-15-25-20(16-22)10-14-24(28-25)19-8-11-21(12-9-19)29(4)5/h8-16,23H,17-18H2,1-7H3. The second kappa shape index (κ2) is 9.59. The number of hydrogen-bond acceptors (Lipinski definition) is 4. The van der Waals surface area contributed by atoms with Crippen molar-refractivity contribution < 1.29 is 13.6 Å². The summed E-state index contributed by atoms with van der Waals surface area (Å²) in [4.78, 5) is 6.87. The molecule has 4 nitrogen and oxygen atoms in total. The van der Waals surface area contributed by atoms with Gasteiger partial charge in [0.2, 0.25) is 0 Å². The first-order chi connectivity index (χ1) is 15.0. The van der Waals surface area contributed by atoms with E-state index in [2.05, 4.69) is 63.0 Å². The quantitative estimate of drug-likeness (QED) is 0.354. The van der Waals surface area contributed by atoms with Gasteiger partial charge in [-0.15, -0.1) is 0 Å². The molecule has 3 rings (SSSR count). The van der Waals surface area contributed by atoms with Crippen LogP contribution < -0.4 is 9.64 Å². The monoisotopic (exact) mass is 454 g/mol. The van der Waals surface area contributed by atoms with Gasteiger partial charge in [-0.3, -0.25) is 0 Å². The number of ether oxygens (including phenoxy) is 1. The van der Waals surface area contributed by atoms with Crippen molar-refractivity contribution in [1.82, 2.24) is 4.98 Å². The van der Waals surface area contributed by atoms with E-state index in [0.29, 0.717) is 5.75 Å². The highest BCUT2D eigenvalue weighted by Gasteiger charge is 2.39. The van der Waals surface area contributed by atoms with Crippen molar-refractivity contribution in [2.45, 2.75) is 45.0 Å². The van der Waals surface area contributed by atoms with E-state index in [4.69, 9.17) is 14.1 Å². The van der Waals surface area contributed by atoms with Crippen LogP contribution in [-0.4, -0.2) is 46.8 Å². The van der Waals surface area contributed by atoms with Gasteiger partial charge in [-0.1, -0.05) is 39.0 Å². The summed E-state index contributed by atoms with van der Waals surface area (Å²) in [6.45, 7) is 10.3. The predicted molar refractivity (Wildman–Crippen MR) is 135 cm³/mol. The average molecular weight is 455 g/mol. The number of aromatic nitrogens is 1. The number of benzene rings is 2. The highest BCUT2D eigenvalue weighted by atomic mass is 28.4. The van der Waals surface area contributed by atoms with Gasteiger partial charge in [0.25, 0.3) is 0 Å². The molecule has 0 bridgehead atoms. The highest BCUT2D eigenvalue weighted by Crippen LogP contribution is 2.37. The molecule has 0 amide bonds. The summed E-state index contributed by atoms with van der Waals surface area (Å²) in [6, 6.07) is 18.2. The van der Waals surface area contributed by atoms with Gasteiger partial charge >= 0.3 is 0 Å². The summed E-state index contributed by atoms with van der Waals surface area (Å²) in [5.74, 6) is 0.694. The molecule has 0 spiro atoms. The van der Waals surface area contributed by atoms with Crippen LogP contribution in [0.5, 0.6) is 5.75 Å². The van der Waals surface area contributed by atoms with Crippen LogP contribution >= 0.6 is 0 Å². The average Bonchev–Trinajstić information content (AvgIpc) is 2.75. The van der Waals surface area contributed by atoms with Crippen LogP contribution in [-0.2, 0) is 4.43 Å². The van der Waals surface area contributed by atoms with Gasteiger partial charge in [0.1, 0.15) is 25.1 Å². The molecule has 0 radical (unpaired) electrons. The summed E-state index contributed by atoms with van der Waals surface area (Å²) in [5.41, 5.74) is 4.05. The molecule has 0 saturated heterocycles. The highest BCUT2D eigenvalue weighted by molar-refractivity contribution is 6.74. The minimum absolute atomic E-state index is 0.0273. The Labute approximate surface area is 192 Å². The van der Waals surface area contributed by atoms with Gasteiger partial charge in [0.05, 0.1) is 11.2 Å². The van der Waals surface area contributed by atoms with Crippen LogP contribution in [0.15, 0.2) is 54.6 Å². The number of halogens is 1. The number of alkyl halides is 1. The first-order valence-electron chi connectivity index (χ1n) is 11.1. The largest absolute Gasteiger partial charge is 0.491 e. The van der Waals surface area contributed by atoms with Crippen molar-refractivity contribution in [2.24, 2.45) is 0 Å². The third-order valence-electron chi connectivity index (χ3n) is 6.22. The van der Waals surface area contributed by atoms with Crippen molar-refractivity contribution in [3.63, 3.8) is 0 Å². The third kappa shape index (κ3) is 5.67. The Morgan fingerprint density at radius 2 is 1.69 bits per heavy atom. The Balaban J connectivity index is 1.71. The van der Waals surface area contributed by atoms with Crippen molar-refractivity contribution in [2.75, 3.05) is 32.3 Å². The summed E-state index contributed by atoms with van der Waals surface area (Å²) in [7, 11) is 2.00. The first-order valence-corrected chi connectivity index (χ1v) is 14.0. The lowest BCUT2D eigenvalue weighted by Crippen LogP contribution is -2.46. The van der Waals surface area contributed by atoms with Gasteiger partial charge < -0.3 is 14.1 Å². The molecule has 1 unspecified atom stereocenters. The molecular formula is C26H35FN2O2Si. The van der Waals surface area contributed by atoms with E-state index in [1.165, 1.54) is 0 Å². The SMILES string of the molecule is CN(C)c1ccc(-c2ccc3cc(OCC(CF)O[Si](C)(C)C(C)(C)C)ccc3n2)cc1. The molecule has 1 atom stereocenters. The summed E-state index contributed by atoms with van der Waals surface area (Å²) < 4.78 is 25.7. The molecule has 6 heteroatoms. The van der Waals surface area contributed by atoms with E-state index in [0.717, 1.165) is 27.8 Å². The summed E-state index contributed by atoms with van der Waals surface area (Å²) in [5, 5.41) is 1.01. The number of pyridine rings is 1. The van der Waals surface area contributed by atoms with Gasteiger partial charge in [0.15, 0.2) is 8.32 Å². The molecule has 0 fully saturated rings. The third-order valence-corrected chi connectivity index (χ3v) is 10.8. The van der Waals surface area contributed by atoms with Crippen molar-refractivity contribution in [3.05, 3.63) is 54.6 Å². The zero-order valence-electron chi connectivity index (χ0n) is 20.3. The minimum Gasteiger partial charge on any atom is -0.491 e. The number of fused-ring (bicyclic) bond motifs is 1. The fourth-order valence-corrected chi connectivity index (χ4v) is 4.50. The maximum absolute atomic E-state index is 13.6. The molecule has 1 heterocycles. The molecular weight excluding hydrogens is 419 g/mol. The van der Waals surface area contributed by atoms with Crippen LogP contribution in [0.2, 0.25) is 18.1 Å². The van der Waals surface area contributed by atoms with Gasteiger partial charge in [0, 0.05) is 30.7 Å². The van der Waals surface area contributed by atoms with E-state index < -0.39 is 21.1 Å². The van der Waals surface area contributed by atoms with E-state index in [1.807, 2.05) is 44.4 Å². The molecule has 32 heavy (non-hydrogen) atoms. The zero-order chi connectivity index (χ0) is 23.5. The first kappa shape index (κ1) is 24.2. The maximum Gasteiger partial charge on any atom is 0.192 e. The molecule has 3 aromatic rings. The molecule has 0 aliphatic carbocycles. The Kier molecular flexibility index (Phi) is 7.25. The topological polar surface area (TPSA) is 34.6 Å². The minimum atomic E-state index is -2.05. The summed E-state index contributed by atoms with van der Waals surface area (Å²) >= 11 is 0. The maximum atomic E-state index is 13.6. The number of hydrogen-bond donors (Lipinski definition) is 0. The van der Waals surface area contributed by atoms with Crippen LogP contribution in [0.25, 0.3) is 22.2 Å².